The molecule has 0 saturated carbocycles. The molecule has 1 heterocycles. The number of aliphatic hydroxyl groups is 1. The summed E-state index contributed by atoms with van der Waals surface area (Å²) in [5, 5.41) is 11.8. The number of aliphatic hydroxyl groups excluding tert-OH is 1. The summed E-state index contributed by atoms with van der Waals surface area (Å²) in [6.45, 7) is 5.40. The van der Waals surface area contributed by atoms with Gasteiger partial charge in [-0.15, -0.1) is 0 Å². The maximum Gasteiger partial charge on any atom is 0.295 e. The molecule has 2 aromatic rings. The summed E-state index contributed by atoms with van der Waals surface area (Å²) in [5.41, 5.74) is 2.06. The molecule has 1 unspecified atom stereocenters. The molecule has 0 spiro atoms. The molecule has 7 heteroatoms. The van der Waals surface area contributed by atoms with E-state index in [-0.39, 0.29) is 11.3 Å². The normalized spacial score (nSPS) is 17.9. The second kappa shape index (κ2) is 10.2. The third-order valence-electron chi connectivity index (χ3n) is 5.44. The Bertz CT molecular complexity index is 1030. The molecule has 1 N–H and O–H groups in total. The minimum absolute atomic E-state index is 0.0846. The van der Waals surface area contributed by atoms with Crippen molar-refractivity contribution >= 4 is 29.1 Å². The zero-order chi connectivity index (χ0) is 23.4. The van der Waals surface area contributed by atoms with Crippen molar-refractivity contribution in [3.8, 4) is 5.75 Å². The zero-order valence-corrected chi connectivity index (χ0v) is 19.6. The fourth-order valence-corrected chi connectivity index (χ4v) is 3.89. The molecule has 1 saturated heterocycles. The predicted molar refractivity (Wildman–Crippen MR) is 126 cm³/mol. The zero-order valence-electron chi connectivity index (χ0n) is 18.9. The third kappa shape index (κ3) is 4.97. The van der Waals surface area contributed by atoms with Crippen LogP contribution >= 0.6 is 11.6 Å². The van der Waals surface area contributed by atoms with Gasteiger partial charge in [0.15, 0.2) is 0 Å². The molecule has 0 aliphatic carbocycles. The minimum Gasteiger partial charge on any atom is -0.507 e. The maximum atomic E-state index is 13.1. The molecule has 1 fully saturated rings. The highest BCUT2D eigenvalue weighted by atomic mass is 35.5. The number of ketones is 1. The Morgan fingerprint density at radius 3 is 2.44 bits per heavy atom. The van der Waals surface area contributed by atoms with Gasteiger partial charge in [-0.2, -0.15) is 0 Å². The van der Waals surface area contributed by atoms with Crippen molar-refractivity contribution in [2.45, 2.75) is 26.3 Å². The first-order valence-corrected chi connectivity index (χ1v) is 11.0. The standard InChI is InChI=1S/C25H29ClN2O4/c1-5-14-32-19-10-11-20(16(2)15-19)23(29)21-22(17-6-8-18(26)9-7-17)28(13-12-27(3)4)25(31)24(21)30/h6-11,15,22,29H,5,12-14H2,1-4H3/b23-21+. The second-order valence-electron chi connectivity index (χ2n) is 8.17. The number of carbonyl (C=O) groups excluding carboxylic acids is 2. The first-order valence-electron chi connectivity index (χ1n) is 10.7. The number of benzene rings is 2. The second-order valence-corrected chi connectivity index (χ2v) is 8.61. The number of nitrogens with zero attached hydrogens (tertiary/aromatic N) is 2. The number of rotatable bonds is 8. The van der Waals surface area contributed by atoms with Crippen molar-refractivity contribution in [1.29, 1.82) is 0 Å². The number of hydrogen-bond donors (Lipinski definition) is 1. The monoisotopic (exact) mass is 456 g/mol. The highest BCUT2D eigenvalue weighted by Gasteiger charge is 2.46. The van der Waals surface area contributed by atoms with Gasteiger partial charge in [-0.05, 0) is 68.9 Å². The van der Waals surface area contributed by atoms with E-state index in [0.29, 0.717) is 36.0 Å². The topological polar surface area (TPSA) is 70.1 Å². The van der Waals surface area contributed by atoms with E-state index in [2.05, 4.69) is 0 Å². The van der Waals surface area contributed by atoms with Gasteiger partial charge in [-0.25, -0.2) is 0 Å². The van der Waals surface area contributed by atoms with E-state index in [0.717, 1.165) is 17.5 Å². The van der Waals surface area contributed by atoms with Crippen LogP contribution in [0.4, 0.5) is 0 Å². The van der Waals surface area contributed by atoms with Crippen molar-refractivity contribution in [1.82, 2.24) is 9.80 Å². The molecular weight excluding hydrogens is 428 g/mol. The van der Waals surface area contributed by atoms with Gasteiger partial charge in [0.25, 0.3) is 11.7 Å². The summed E-state index contributed by atoms with van der Waals surface area (Å²) in [6.07, 6.45) is 0.887. The summed E-state index contributed by atoms with van der Waals surface area (Å²) >= 11 is 6.05. The van der Waals surface area contributed by atoms with Gasteiger partial charge in [0.1, 0.15) is 11.5 Å². The molecule has 0 radical (unpaired) electrons. The molecule has 1 aliphatic heterocycles. The van der Waals surface area contributed by atoms with Crippen molar-refractivity contribution < 1.29 is 19.4 Å². The van der Waals surface area contributed by atoms with Gasteiger partial charge in [0.05, 0.1) is 18.2 Å². The number of likely N-dealkylation sites (tertiary alicyclic amines) is 1. The van der Waals surface area contributed by atoms with Crippen LogP contribution in [0.1, 0.15) is 36.1 Å². The lowest BCUT2D eigenvalue weighted by atomic mass is 9.94. The van der Waals surface area contributed by atoms with Crippen molar-refractivity contribution in [3.63, 3.8) is 0 Å². The van der Waals surface area contributed by atoms with Crippen LogP contribution in [0.2, 0.25) is 5.02 Å². The number of hydrogen-bond acceptors (Lipinski definition) is 5. The van der Waals surface area contributed by atoms with E-state index in [9.17, 15) is 14.7 Å². The lowest BCUT2D eigenvalue weighted by Gasteiger charge is -2.26. The van der Waals surface area contributed by atoms with Crippen molar-refractivity contribution in [2.75, 3.05) is 33.8 Å². The molecule has 2 aromatic carbocycles. The number of aryl methyl sites for hydroxylation is 1. The summed E-state index contributed by atoms with van der Waals surface area (Å²) in [4.78, 5) is 29.5. The van der Waals surface area contributed by atoms with Crippen LogP contribution in [0.15, 0.2) is 48.0 Å². The maximum absolute atomic E-state index is 13.1. The average Bonchev–Trinajstić information content (AvgIpc) is 3.01. The van der Waals surface area contributed by atoms with Gasteiger partial charge in [0, 0.05) is 23.7 Å². The highest BCUT2D eigenvalue weighted by Crippen LogP contribution is 2.40. The largest absolute Gasteiger partial charge is 0.507 e. The van der Waals surface area contributed by atoms with Gasteiger partial charge < -0.3 is 19.6 Å². The molecule has 0 aromatic heterocycles. The number of likely N-dealkylation sites (N-methyl/N-ethyl adjacent to an activating group) is 1. The number of amides is 1. The average molecular weight is 457 g/mol. The summed E-state index contributed by atoms with van der Waals surface area (Å²) in [5.74, 6) is -0.794. The molecule has 3 rings (SSSR count). The Morgan fingerprint density at radius 1 is 1.16 bits per heavy atom. The number of Topliss-reactive ketones (excluding diaryl/α,β-unsaturated/α-hetero) is 1. The van der Waals surface area contributed by atoms with Gasteiger partial charge in [0.2, 0.25) is 0 Å². The molecular formula is C25H29ClN2O4. The number of halogens is 1. The molecule has 170 valence electrons. The summed E-state index contributed by atoms with van der Waals surface area (Å²) in [7, 11) is 3.80. The Labute approximate surface area is 194 Å². The van der Waals surface area contributed by atoms with Crippen LogP contribution in [-0.2, 0) is 9.59 Å². The van der Waals surface area contributed by atoms with Crippen LogP contribution in [0, 0.1) is 6.92 Å². The molecule has 6 nitrogen and oxygen atoms in total. The molecule has 1 aliphatic rings. The smallest absolute Gasteiger partial charge is 0.295 e. The van der Waals surface area contributed by atoms with E-state index in [1.807, 2.05) is 38.9 Å². The lowest BCUT2D eigenvalue weighted by molar-refractivity contribution is -0.140. The van der Waals surface area contributed by atoms with Gasteiger partial charge in [-0.1, -0.05) is 30.7 Å². The predicted octanol–water partition coefficient (Wildman–Crippen LogP) is 4.42. The first-order chi connectivity index (χ1) is 15.2. The fourth-order valence-electron chi connectivity index (χ4n) is 3.77. The van der Waals surface area contributed by atoms with Crippen molar-refractivity contribution in [3.05, 3.63) is 69.8 Å². The molecule has 1 amide bonds. The summed E-state index contributed by atoms with van der Waals surface area (Å²) < 4.78 is 5.66. The summed E-state index contributed by atoms with van der Waals surface area (Å²) in [6, 6.07) is 11.6. The van der Waals surface area contributed by atoms with E-state index in [4.69, 9.17) is 16.3 Å². The van der Waals surface area contributed by atoms with Crippen LogP contribution in [0.5, 0.6) is 5.75 Å². The Morgan fingerprint density at radius 2 is 1.84 bits per heavy atom. The minimum atomic E-state index is -0.692. The van der Waals surface area contributed by atoms with E-state index < -0.39 is 17.7 Å². The van der Waals surface area contributed by atoms with Crippen LogP contribution in [0.25, 0.3) is 5.76 Å². The van der Waals surface area contributed by atoms with Crippen LogP contribution in [-0.4, -0.2) is 60.4 Å². The van der Waals surface area contributed by atoms with E-state index >= 15 is 0 Å². The number of carbonyl (C=O) groups is 2. The molecule has 1 atom stereocenters. The van der Waals surface area contributed by atoms with Crippen molar-refractivity contribution in [2.24, 2.45) is 0 Å². The SMILES string of the molecule is CCCOc1ccc(/C(O)=C2\C(=O)C(=O)N(CCN(C)C)C2c2ccc(Cl)cc2)c(C)c1. The van der Waals surface area contributed by atoms with Crippen LogP contribution < -0.4 is 4.74 Å². The quantitative estimate of drug-likeness (QED) is 0.361. The molecule has 32 heavy (non-hydrogen) atoms. The van der Waals surface area contributed by atoms with Gasteiger partial charge in [-0.3, -0.25) is 9.59 Å². The third-order valence-corrected chi connectivity index (χ3v) is 5.69. The molecule has 0 bridgehead atoms. The first kappa shape index (κ1) is 23.8. The van der Waals surface area contributed by atoms with E-state index in [1.165, 1.54) is 4.90 Å². The highest BCUT2D eigenvalue weighted by molar-refractivity contribution is 6.46. The Kier molecular flexibility index (Phi) is 7.59. The fraction of sp³-hybridized carbons (Fsp3) is 0.360. The van der Waals surface area contributed by atoms with Gasteiger partial charge >= 0.3 is 0 Å². The van der Waals surface area contributed by atoms with E-state index in [1.54, 1.807) is 36.4 Å². The Hall–Kier alpha value is -2.83. The Balaban J connectivity index is 2.10. The number of ether oxygens (including phenoxy) is 1. The lowest BCUT2D eigenvalue weighted by Crippen LogP contribution is -2.35. The van der Waals surface area contributed by atoms with Crippen LogP contribution in [0.3, 0.4) is 0 Å².